The summed E-state index contributed by atoms with van der Waals surface area (Å²) < 4.78 is 9.83. The number of benzene rings is 1. The van der Waals surface area contributed by atoms with Gasteiger partial charge in [-0.2, -0.15) is 0 Å². The van der Waals surface area contributed by atoms with E-state index in [4.69, 9.17) is 15.2 Å². The summed E-state index contributed by atoms with van der Waals surface area (Å²) in [5, 5.41) is 12.0. The largest absolute Gasteiger partial charge is 0.496 e. The molecule has 1 aromatic rings. The van der Waals surface area contributed by atoms with Crippen LogP contribution in [0.15, 0.2) is 18.2 Å². The van der Waals surface area contributed by atoms with E-state index in [9.17, 15) is 9.90 Å². The highest BCUT2D eigenvalue weighted by Crippen LogP contribution is 2.21. The lowest BCUT2D eigenvalue weighted by atomic mass is 10.1. The Balaban J connectivity index is 2.66. The first-order valence-corrected chi connectivity index (χ1v) is 5.47. The molecule has 6 nitrogen and oxygen atoms in total. The molecular weight excluding hydrogens is 236 g/mol. The van der Waals surface area contributed by atoms with E-state index in [0.717, 1.165) is 0 Å². The van der Waals surface area contributed by atoms with Crippen molar-refractivity contribution in [1.29, 1.82) is 0 Å². The molecule has 4 N–H and O–H groups in total. The Morgan fingerprint density at radius 2 is 2.22 bits per heavy atom. The third-order valence-electron chi connectivity index (χ3n) is 2.33. The zero-order valence-corrected chi connectivity index (χ0v) is 10.5. The molecule has 100 valence electrons. The fourth-order valence-corrected chi connectivity index (χ4v) is 1.45. The van der Waals surface area contributed by atoms with Gasteiger partial charge in [0.1, 0.15) is 5.75 Å². The first kappa shape index (κ1) is 14.3. The molecule has 0 bridgehead atoms. The van der Waals surface area contributed by atoms with E-state index >= 15 is 0 Å². The second-order valence-electron chi connectivity index (χ2n) is 3.78. The molecule has 0 aromatic heterocycles. The van der Waals surface area contributed by atoms with Gasteiger partial charge in [0.25, 0.3) is 5.91 Å². The van der Waals surface area contributed by atoms with Gasteiger partial charge in [-0.1, -0.05) is 0 Å². The summed E-state index contributed by atoms with van der Waals surface area (Å²) in [5.74, 6) is 0.0655. The zero-order valence-electron chi connectivity index (χ0n) is 10.5. The van der Waals surface area contributed by atoms with Crippen LogP contribution in [0, 0.1) is 0 Å². The molecule has 1 aromatic carbocycles. The van der Waals surface area contributed by atoms with E-state index in [1.807, 2.05) is 0 Å². The van der Waals surface area contributed by atoms with Crippen LogP contribution in [0.3, 0.4) is 0 Å². The predicted octanol–water partition coefficient (Wildman–Crippen LogP) is 0.0145. The number of nitrogens with two attached hydrogens (primary N) is 1. The number of rotatable bonds is 6. The third kappa shape index (κ3) is 3.90. The van der Waals surface area contributed by atoms with Gasteiger partial charge in [-0.05, 0) is 12.1 Å². The van der Waals surface area contributed by atoms with E-state index in [-0.39, 0.29) is 19.1 Å². The smallest absolute Gasteiger partial charge is 0.255 e. The maximum Gasteiger partial charge on any atom is 0.255 e. The van der Waals surface area contributed by atoms with Crippen molar-refractivity contribution >= 4 is 11.6 Å². The summed E-state index contributed by atoms with van der Waals surface area (Å²) in [6.07, 6.45) is -0.737. The van der Waals surface area contributed by atoms with Crippen molar-refractivity contribution in [3.05, 3.63) is 23.8 Å². The van der Waals surface area contributed by atoms with Gasteiger partial charge >= 0.3 is 0 Å². The van der Waals surface area contributed by atoms with Crippen molar-refractivity contribution < 1.29 is 19.4 Å². The zero-order chi connectivity index (χ0) is 13.5. The molecule has 0 aliphatic carbocycles. The number of anilines is 1. The molecular formula is C12H18N2O4. The van der Waals surface area contributed by atoms with Crippen LogP contribution < -0.4 is 15.8 Å². The molecule has 0 saturated carbocycles. The molecule has 0 radical (unpaired) electrons. The van der Waals surface area contributed by atoms with Crippen LogP contribution in [-0.2, 0) is 4.74 Å². The quantitative estimate of drug-likeness (QED) is 0.622. The predicted molar refractivity (Wildman–Crippen MR) is 67.6 cm³/mol. The Labute approximate surface area is 106 Å². The lowest BCUT2D eigenvalue weighted by Crippen LogP contribution is -2.34. The number of carbonyl (C=O) groups excluding carboxylic acids is 1. The average molecular weight is 254 g/mol. The Hall–Kier alpha value is -1.79. The number of nitrogen functional groups attached to an aromatic ring is 1. The topological polar surface area (TPSA) is 93.8 Å². The summed E-state index contributed by atoms with van der Waals surface area (Å²) in [6.45, 7) is 0.277. The molecule has 0 aliphatic heterocycles. The first-order chi connectivity index (χ1) is 8.58. The minimum Gasteiger partial charge on any atom is -0.496 e. The lowest BCUT2D eigenvalue weighted by molar-refractivity contribution is 0.0609. The van der Waals surface area contributed by atoms with Crippen LogP contribution in [0.5, 0.6) is 5.75 Å². The molecule has 1 rings (SSSR count). The van der Waals surface area contributed by atoms with Crippen LogP contribution in [0.25, 0.3) is 0 Å². The van der Waals surface area contributed by atoms with E-state index in [1.54, 1.807) is 18.2 Å². The van der Waals surface area contributed by atoms with Crippen LogP contribution in [-0.4, -0.2) is 44.5 Å². The third-order valence-corrected chi connectivity index (χ3v) is 2.33. The van der Waals surface area contributed by atoms with Crippen molar-refractivity contribution in [2.24, 2.45) is 0 Å². The normalized spacial score (nSPS) is 11.9. The fraction of sp³-hybridized carbons (Fsp3) is 0.417. The summed E-state index contributed by atoms with van der Waals surface area (Å²) in [6, 6.07) is 4.76. The SMILES string of the molecule is COCC(O)CNC(=O)c1ccc(N)cc1OC. The molecule has 0 aliphatic rings. The number of amides is 1. The summed E-state index contributed by atoms with van der Waals surface area (Å²) >= 11 is 0. The highest BCUT2D eigenvalue weighted by molar-refractivity contribution is 5.97. The molecule has 0 fully saturated rings. The second-order valence-corrected chi connectivity index (χ2v) is 3.78. The van der Waals surface area contributed by atoms with E-state index in [0.29, 0.717) is 17.0 Å². The number of hydrogen-bond donors (Lipinski definition) is 3. The van der Waals surface area contributed by atoms with Gasteiger partial charge in [0.2, 0.25) is 0 Å². The number of methoxy groups -OCH3 is 2. The molecule has 1 amide bonds. The Morgan fingerprint density at radius 1 is 1.50 bits per heavy atom. The molecule has 1 atom stereocenters. The summed E-state index contributed by atoms with van der Waals surface area (Å²) in [4.78, 5) is 11.9. The van der Waals surface area contributed by atoms with Gasteiger partial charge in [0.15, 0.2) is 0 Å². The number of nitrogens with one attached hydrogen (secondary N) is 1. The minimum atomic E-state index is -0.737. The molecule has 6 heteroatoms. The molecule has 0 saturated heterocycles. The summed E-state index contributed by atoms with van der Waals surface area (Å²) in [7, 11) is 2.94. The van der Waals surface area contributed by atoms with Gasteiger partial charge in [-0.15, -0.1) is 0 Å². The Bertz CT molecular complexity index is 409. The molecule has 1 unspecified atom stereocenters. The van der Waals surface area contributed by atoms with Crippen molar-refractivity contribution in [2.75, 3.05) is 33.1 Å². The van der Waals surface area contributed by atoms with Gasteiger partial charge < -0.3 is 25.6 Å². The maximum atomic E-state index is 11.9. The maximum absolute atomic E-state index is 11.9. The van der Waals surface area contributed by atoms with Crippen molar-refractivity contribution in [2.45, 2.75) is 6.10 Å². The van der Waals surface area contributed by atoms with Crippen LogP contribution >= 0.6 is 0 Å². The number of ether oxygens (including phenoxy) is 2. The van der Waals surface area contributed by atoms with Gasteiger partial charge in [0, 0.05) is 25.4 Å². The highest BCUT2D eigenvalue weighted by atomic mass is 16.5. The van der Waals surface area contributed by atoms with Crippen LogP contribution in [0.2, 0.25) is 0 Å². The standard InChI is InChI=1S/C12H18N2O4/c1-17-7-9(15)6-14-12(16)10-4-3-8(13)5-11(10)18-2/h3-5,9,15H,6-7,13H2,1-2H3,(H,14,16). The average Bonchev–Trinajstić information content (AvgIpc) is 2.36. The van der Waals surface area contributed by atoms with Gasteiger partial charge in [0.05, 0.1) is 25.4 Å². The van der Waals surface area contributed by atoms with Gasteiger partial charge in [-0.3, -0.25) is 4.79 Å². The fourth-order valence-electron chi connectivity index (χ4n) is 1.45. The van der Waals surface area contributed by atoms with Crippen molar-refractivity contribution in [1.82, 2.24) is 5.32 Å². The van der Waals surface area contributed by atoms with Crippen LogP contribution in [0.4, 0.5) is 5.69 Å². The summed E-state index contributed by atoms with van der Waals surface area (Å²) in [5.41, 5.74) is 6.48. The molecule has 0 heterocycles. The highest BCUT2D eigenvalue weighted by Gasteiger charge is 2.13. The number of hydrogen-bond acceptors (Lipinski definition) is 5. The Morgan fingerprint density at radius 3 is 2.83 bits per heavy atom. The van der Waals surface area contributed by atoms with E-state index in [1.165, 1.54) is 14.2 Å². The number of aliphatic hydroxyl groups excluding tert-OH is 1. The number of carbonyl (C=O) groups is 1. The van der Waals surface area contributed by atoms with E-state index in [2.05, 4.69) is 5.32 Å². The molecule has 18 heavy (non-hydrogen) atoms. The van der Waals surface area contributed by atoms with Crippen molar-refractivity contribution in [3.8, 4) is 5.75 Å². The second kappa shape index (κ2) is 6.83. The monoisotopic (exact) mass is 254 g/mol. The van der Waals surface area contributed by atoms with Crippen LogP contribution in [0.1, 0.15) is 10.4 Å². The first-order valence-electron chi connectivity index (χ1n) is 5.47. The van der Waals surface area contributed by atoms with Crippen molar-refractivity contribution in [3.63, 3.8) is 0 Å². The lowest BCUT2D eigenvalue weighted by Gasteiger charge is -2.12. The van der Waals surface area contributed by atoms with E-state index < -0.39 is 6.10 Å². The minimum absolute atomic E-state index is 0.111. The Kier molecular flexibility index (Phi) is 5.41. The molecule has 0 spiro atoms. The number of aliphatic hydroxyl groups is 1. The van der Waals surface area contributed by atoms with Gasteiger partial charge in [-0.25, -0.2) is 0 Å².